The zero-order valence-electron chi connectivity index (χ0n) is 15.4. The highest BCUT2D eigenvalue weighted by Crippen LogP contribution is 2.33. The normalized spacial score (nSPS) is 12.9. The summed E-state index contributed by atoms with van der Waals surface area (Å²) in [6.45, 7) is 1.47. The van der Waals surface area contributed by atoms with Gasteiger partial charge in [-0.1, -0.05) is 30.7 Å². The van der Waals surface area contributed by atoms with Crippen LogP contribution in [0.4, 0.5) is 13.2 Å². The van der Waals surface area contributed by atoms with Crippen molar-refractivity contribution < 1.29 is 26.7 Å². The second kappa shape index (κ2) is 8.11. The molecule has 2 aromatic carbocycles. The molecule has 158 valence electrons. The van der Waals surface area contributed by atoms with E-state index in [2.05, 4.69) is 9.50 Å². The van der Waals surface area contributed by atoms with Crippen LogP contribution in [0.5, 0.6) is 0 Å². The number of halogens is 4. The number of rotatable bonds is 5. The Morgan fingerprint density at radius 3 is 2.27 bits per heavy atom. The highest BCUT2D eigenvalue weighted by atomic mass is 35.5. The van der Waals surface area contributed by atoms with Crippen molar-refractivity contribution in [3.05, 3.63) is 65.3 Å². The third-order valence-electron chi connectivity index (χ3n) is 4.04. The van der Waals surface area contributed by atoms with Gasteiger partial charge in [0.2, 0.25) is 0 Å². The van der Waals surface area contributed by atoms with Crippen LogP contribution in [-0.4, -0.2) is 24.1 Å². The SMILES string of the molecule is CC/C([O-])=N\S(=O)(=O)c1ccc(-n2nc(C(F)(F)F)cc2-c2ccc(Cl)cc2)cc1. The maximum Gasteiger partial charge on any atom is 0.435 e. The zero-order chi connectivity index (χ0) is 22.1. The Hall–Kier alpha value is -2.85. The van der Waals surface area contributed by atoms with Gasteiger partial charge in [0.25, 0.3) is 10.0 Å². The monoisotopic (exact) mass is 456 g/mol. The van der Waals surface area contributed by atoms with E-state index in [1.54, 1.807) is 12.1 Å². The summed E-state index contributed by atoms with van der Waals surface area (Å²) >= 11 is 5.85. The second-order valence-corrected chi connectivity index (χ2v) is 8.18. The number of sulfonamides is 1. The van der Waals surface area contributed by atoms with Gasteiger partial charge in [0, 0.05) is 10.6 Å². The maximum absolute atomic E-state index is 13.2. The second-order valence-electron chi connectivity index (χ2n) is 6.14. The molecule has 0 bridgehead atoms. The first kappa shape index (κ1) is 21.8. The Morgan fingerprint density at radius 2 is 1.73 bits per heavy atom. The van der Waals surface area contributed by atoms with Gasteiger partial charge in [0.15, 0.2) is 5.69 Å². The van der Waals surface area contributed by atoms with Crippen molar-refractivity contribution in [2.75, 3.05) is 0 Å². The van der Waals surface area contributed by atoms with Crippen LogP contribution in [0.25, 0.3) is 16.9 Å². The maximum atomic E-state index is 13.2. The summed E-state index contributed by atoms with van der Waals surface area (Å²) in [5.41, 5.74) is -0.341. The fourth-order valence-corrected chi connectivity index (χ4v) is 3.66. The lowest BCUT2D eigenvalue weighted by Crippen LogP contribution is -2.18. The molecule has 6 nitrogen and oxygen atoms in total. The number of hydrogen-bond acceptors (Lipinski definition) is 4. The quantitative estimate of drug-likeness (QED) is 0.427. The van der Waals surface area contributed by atoms with Crippen LogP contribution < -0.4 is 5.11 Å². The predicted octanol–water partition coefficient (Wildman–Crippen LogP) is 4.07. The van der Waals surface area contributed by atoms with Gasteiger partial charge >= 0.3 is 6.18 Å². The molecule has 0 radical (unpaired) electrons. The third kappa shape index (κ3) is 4.65. The fourth-order valence-electron chi connectivity index (χ4n) is 2.55. The molecule has 0 aliphatic rings. The first-order valence-corrected chi connectivity index (χ1v) is 10.4. The first-order chi connectivity index (χ1) is 14.0. The average molecular weight is 457 g/mol. The van der Waals surface area contributed by atoms with Crippen LogP contribution in [0.15, 0.2) is 63.9 Å². The Morgan fingerprint density at radius 1 is 1.13 bits per heavy atom. The van der Waals surface area contributed by atoms with E-state index in [9.17, 15) is 26.7 Å². The number of nitrogens with zero attached hydrogens (tertiary/aromatic N) is 3. The zero-order valence-corrected chi connectivity index (χ0v) is 17.0. The summed E-state index contributed by atoms with van der Waals surface area (Å²) in [7, 11) is -4.20. The van der Waals surface area contributed by atoms with E-state index in [-0.39, 0.29) is 22.7 Å². The van der Waals surface area contributed by atoms with Crippen molar-refractivity contribution in [3.8, 4) is 16.9 Å². The van der Waals surface area contributed by atoms with Crippen molar-refractivity contribution in [1.29, 1.82) is 0 Å². The summed E-state index contributed by atoms with van der Waals surface area (Å²) in [5, 5.41) is 15.4. The minimum atomic E-state index is -4.67. The van der Waals surface area contributed by atoms with Gasteiger partial charge in [-0.15, -0.1) is 0 Å². The van der Waals surface area contributed by atoms with Crippen molar-refractivity contribution in [1.82, 2.24) is 9.78 Å². The van der Waals surface area contributed by atoms with E-state index >= 15 is 0 Å². The van der Waals surface area contributed by atoms with E-state index in [1.165, 1.54) is 31.2 Å². The van der Waals surface area contributed by atoms with Crippen LogP contribution in [0.1, 0.15) is 19.0 Å². The number of hydrogen-bond donors (Lipinski definition) is 0. The van der Waals surface area contributed by atoms with Crippen molar-refractivity contribution in [2.24, 2.45) is 4.40 Å². The summed E-state index contributed by atoms with van der Waals surface area (Å²) < 4.78 is 68.2. The molecule has 30 heavy (non-hydrogen) atoms. The minimum absolute atomic E-state index is 0.0741. The highest BCUT2D eigenvalue weighted by Gasteiger charge is 2.35. The Kier molecular flexibility index (Phi) is 5.91. The van der Waals surface area contributed by atoms with Crippen LogP contribution in [0, 0.1) is 0 Å². The largest absolute Gasteiger partial charge is 0.861 e. The van der Waals surface area contributed by atoms with Gasteiger partial charge in [0.1, 0.15) is 0 Å². The molecular weight excluding hydrogens is 443 g/mol. The van der Waals surface area contributed by atoms with Crippen molar-refractivity contribution >= 4 is 27.5 Å². The third-order valence-corrected chi connectivity index (χ3v) is 5.61. The molecule has 0 aliphatic heterocycles. The molecule has 1 heterocycles. The van der Waals surface area contributed by atoms with Gasteiger partial charge in [-0.05, 0) is 54.8 Å². The average Bonchev–Trinajstić information content (AvgIpc) is 3.14. The van der Waals surface area contributed by atoms with E-state index in [4.69, 9.17) is 11.6 Å². The highest BCUT2D eigenvalue weighted by molar-refractivity contribution is 7.90. The lowest BCUT2D eigenvalue weighted by Gasteiger charge is -2.10. The first-order valence-electron chi connectivity index (χ1n) is 8.56. The van der Waals surface area contributed by atoms with E-state index in [0.717, 1.165) is 22.9 Å². The van der Waals surface area contributed by atoms with Crippen LogP contribution >= 0.6 is 11.6 Å². The molecule has 0 unspecified atom stereocenters. The summed E-state index contributed by atoms with van der Waals surface area (Å²) in [6, 6.07) is 11.9. The molecule has 0 atom stereocenters. The van der Waals surface area contributed by atoms with Crippen molar-refractivity contribution in [3.63, 3.8) is 0 Å². The Labute approximate surface area is 175 Å². The molecule has 0 saturated heterocycles. The Bertz CT molecular complexity index is 1190. The van der Waals surface area contributed by atoms with Crippen molar-refractivity contribution in [2.45, 2.75) is 24.4 Å². The lowest BCUT2D eigenvalue weighted by atomic mass is 10.1. The number of aromatic nitrogens is 2. The topological polar surface area (TPSA) is 87.4 Å². The van der Waals surface area contributed by atoms with Gasteiger partial charge in [-0.3, -0.25) is 0 Å². The van der Waals surface area contributed by atoms with Crippen LogP contribution in [0.3, 0.4) is 0 Å². The molecule has 3 aromatic rings. The Balaban J connectivity index is 2.09. The van der Waals surface area contributed by atoms with Gasteiger partial charge in [-0.2, -0.15) is 31.1 Å². The van der Waals surface area contributed by atoms with E-state index in [1.807, 2.05) is 0 Å². The fraction of sp³-hybridized carbons (Fsp3) is 0.158. The van der Waals surface area contributed by atoms with Gasteiger partial charge in [-0.25, -0.2) is 4.68 Å². The molecule has 0 amide bonds. The molecule has 11 heteroatoms. The number of benzene rings is 2. The smallest absolute Gasteiger partial charge is 0.435 e. The van der Waals surface area contributed by atoms with Gasteiger partial charge < -0.3 is 5.11 Å². The molecule has 0 N–H and O–H groups in total. The predicted molar refractivity (Wildman–Crippen MR) is 104 cm³/mol. The molecular formula is C19H14ClF3N3O3S-. The summed E-state index contributed by atoms with van der Waals surface area (Å²) in [5.74, 6) is -0.800. The molecule has 0 fully saturated rings. The van der Waals surface area contributed by atoms with E-state index < -0.39 is 27.8 Å². The molecule has 0 saturated carbocycles. The minimum Gasteiger partial charge on any atom is -0.861 e. The van der Waals surface area contributed by atoms with Gasteiger partial charge in [0.05, 0.1) is 16.3 Å². The summed E-state index contributed by atoms with van der Waals surface area (Å²) in [6.07, 6.45) is -4.75. The lowest BCUT2D eigenvalue weighted by molar-refractivity contribution is -0.217. The number of alkyl halides is 3. The van der Waals surface area contributed by atoms with Crippen LogP contribution in [0.2, 0.25) is 5.02 Å². The van der Waals surface area contributed by atoms with Crippen LogP contribution in [-0.2, 0) is 16.2 Å². The molecule has 0 spiro atoms. The molecule has 1 aromatic heterocycles. The van der Waals surface area contributed by atoms with E-state index in [0.29, 0.717) is 10.6 Å². The summed E-state index contributed by atoms with van der Waals surface area (Å²) in [4.78, 5) is -0.260. The molecule has 3 rings (SSSR count). The standard InChI is InChI=1S/C19H15ClF3N3O3S/c1-2-18(27)25-30(28,29)15-9-7-14(8-10-15)26-16(11-17(24-26)19(21,22)23)12-3-5-13(20)6-4-12/h3-11H,2H2,1H3,(H,25,27)/p-1. The molecule has 0 aliphatic carbocycles.